The van der Waals surface area contributed by atoms with Crippen LogP contribution in [0.3, 0.4) is 0 Å². The highest BCUT2D eigenvalue weighted by Crippen LogP contribution is 2.27. The molecular formula is C31H30ClN7O2S2. The molecule has 0 aliphatic carbocycles. The maximum atomic E-state index is 13.2. The number of hydrogen-bond acceptors (Lipinski definition) is 8. The summed E-state index contributed by atoms with van der Waals surface area (Å²) in [6.45, 7) is 2.65. The van der Waals surface area contributed by atoms with Crippen LogP contribution in [0.4, 0.5) is 23.1 Å². The monoisotopic (exact) mass is 631 g/mol. The van der Waals surface area contributed by atoms with E-state index in [-0.39, 0.29) is 11.8 Å². The van der Waals surface area contributed by atoms with Crippen molar-refractivity contribution in [1.29, 1.82) is 0 Å². The third-order valence-electron chi connectivity index (χ3n) is 6.81. The van der Waals surface area contributed by atoms with Gasteiger partial charge < -0.3 is 25.8 Å². The minimum Gasteiger partial charge on any atom is -0.355 e. The first kappa shape index (κ1) is 30.3. The molecule has 2 heterocycles. The van der Waals surface area contributed by atoms with Gasteiger partial charge in [-0.05, 0) is 42.0 Å². The molecule has 1 saturated heterocycles. The fourth-order valence-electron chi connectivity index (χ4n) is 4.48. The summed E-state index contributed by atoms with van der Waals surface area (Å²) in [6.07, 6.45) is 1.48. The smallest absolute Gasteiger partial charge is 0.253 e. The molecule has 4 aromatic rings. The summed E-state index contributed by atoms with van der Waals surface area (Å²) in [5, 5.41) is 9.19. The molecule has 1 aliphatic rings. The largest absolute Gasteiger partial charge is 0.355 e. The van der Waals surface area contributed by atoms with Gasteiger partial charge in [0.15, 0.2) is 5.82 Å². The second kappa shape index (κ2) is 14.3. The molecule has 3 N–H and O–H groups in total. The molecule has 0 atom stereocenters. The van der Waals surface area contributed by atoms with Crippen LogP contribution in [0.15, 0.2) is 85.1 Å². The first-order valence-corrected chi connectivity index (χ1v) is 15.4. The third kappa shape index (κ3) is 7.81. The molecule has 1 fully saturated rings. The maximum absolute atomic E-state index is 13.2. The van der Waals surface area contributed by atoms with Crippen LogP contribution in [0.25, 0.3) is 0 Å². The Kier molecular flexibility index (Phi) is 10.1. The van der Waals surface area contributed by atoms with Gasteiger partial charge in [-0.2, -0.15) is 4.98 Å². The molecular weight excluding hydrogens is 602 g/mol. The molecule has 43 heavy (non-hydrogen) atoms. The van der Waals surface area contributed by atoms with Crippen LogP contribution in [-0.2, 0) is 5.75 Å². The van der Waals surface area contributed by atoms with E-state index in [4.69, 9.17) is 23.8 Å². The van der Waals surface area contributed by atoms with Gasteiger partial charge in [0.25, 0.3) is 11.8 Å². The van der Waals surface area contributed by atoms with E-state index >= 15 is 0 Å². The molecule has 0 spiro atoms. The number of amides is 2. The number of anilines is 4. The van der Waals surface area contributed by atoms with Crippen LogP contribution in [0.1, 0.15) is 26.3 Å². The molecule has 9 nitrogen and oxygen atoms in total. The molecule has 5 rings (SSSR count). The number of thiocarbonyl (C=S) groups is 1. The normalized spacial score (nSPS) is 12.9. The molecule has 2 amide bonds. The van der Waals surface area contributed by atoms with E-state index in [1.807, 2.05) is 41.3 Å². The quantitative estimate of drug-likeness (QED) is 0.204. The first-order valence-electron chi connectivity index (χ1n) is 13.6. The van der Waals surface area contributed by atoms with Gasteiger partial charge in [-0.15, -0.1) is 0 Å². The standard InChI is InChI=1S/C31H30ClN7O2S2/c1-33-28(40)24-9-5-6-10-26(24)36-27-25(32)19-34-30(37-27)35-23-13-11-22(12-14-23)29(41)38-15-17-39(18-16-38)31(42)43-20-21-7-3-2-4-8-21/h2-14,19H,15-18,20H2,1H3,(H,33,40)(H2,34,35,36,37). The summed E-state index contributed by atoms with van der Waals surface area (Å²) >= 11 is 13.6. The second-order valence-electron chi connectivity index (χ2n) is 9.66. The first-order chi connectivity index (χ1) is 20.9. The maximum Gasteiger partial charge on any atom is 0.253 e. The van der Waals surface area contributed by atoms with E-state index in [1.165, 1.54) is 11.8 Å². The Labute approximate surface area is 265 Å². The van der Waals surface area contributed by atoms with E-state index in [0.29, 0.717) is 65.5 Å². The van der Waals surface area contributed by atoms with Gasteiger partial charge in [0, 0.05) is 50.2 Å². The van der Waals surface area contributed by atoms with Crippen molar-refractivity contribution in [2.45, 2.75) is 5.75 Å². The number of aromatic nitrogens is 2. The number of nitrogens with one attached hydrogen (secondary N) is 3. The minimum atomic E-state index is -0.232. The topological polar surface area (TPSA) is 102 Å². The lowest BCUT2D eigenvalue weighted by Crippen LogP contribution is -2.49. The number of benzene rings is 3. The Hall–Kier alpha value is -4.19. The summed E-state index contributed by atoms with van der Waals surface area (Å²) in [5.74, 6) is 1.24. The Balaban J connectivity index is 1.16. The molecule has 0 bridgehead atoms. The van der Waals surface area contributed by atoms with Crippen LogP contribution in [0.2, 0.25) is 5.02 Å². The third-order valence-corrected chi connectivity index (χ3v) is 8.69. The number of carbonyl (C=O) groups excluding carboxylic acids is 2. The zero-order chi connectivity index (χ0) is 30.2. The highest BCUT2D eigenvalue weighted by atomic mass is 35.5. The molecule has 1 aliphatic heterocycles. The van der Waals surface area contributed by atoms with Crippen molar-refractivity contribution >= 4 is 74.9 Å². The van der Waals surface area contributed by atoms with Gasteiger partial charge in [-0.25, -0.2) is 4.98 Å². The number of rotatable bonds is 8. The van der Waals surface area contributed by atoms with Gasteiger partial charge in [0.2, 0.25) is 5.95 Å². The molecule has 220 valence electrons. The zero-order valence-electron chi connectivity index (χ0n) is 23.4. The summed E-state index contributed by atoms with van der Waals surface area (Å²) in [4.78, 5) is 38.2. The molecule has 0 unspecified atom stereocenters. The zero-order valence-corrected chi connectivity index (χ0v) is 25.8. The molecule has 1 aromatic heterocycles. The fourth-order valence-corrected chi connectivity index (χ4v) is 5.82. The summed E-state index contributed by atoms with van der Waals surface area (Å²) in [6, 6.07) is 24.5. The SMILES string of the molecule is CNC(=O)c1ccccc1Nc1nc(Nc2ccc(C(=O)N3CCN(C(=S)SCc4ccccc4)CC3)cc2)ncc1Cl. The van der Waals surface area contributed by atoms with Crippen molar-refractivity contribution in [3.05, 3.63) is 107 Å². The summed E-state index contributed by atoms with van der Waals surface area (Å²) < 4.78 is 0.866. The van der Waals surface area contributed by atoms with Crippen LogP contribution < -0.4 is 16.0 Å². The molecule has 3 aromatic carbocycles. The lowest BCUT2D eigenvalue weighted by molar-refractivity contribution is 0.0694. The average molecular weight is 632 g/mol. The number of thioether (sulfide) groups is 1. The number of hydrogen-bond donors (Lipinski definition) is 3. The number of piperazine rings is 1. The molecule has 0 saturated carbocycles. The van der Waals surface area contributed by atoms with Crippen molar-refractivity contribution in [2.24, 2.45) is 0 Å². The van der Waals surface area contributed by atoms with Gasteiger partial charge in [-0.3, -0.25) is 9.59 Å². The van der Waals surface area contributed by atoms with Crippen molar-refractivity contribution in [3.8, 4) is 0 Å². The lowest BCUT2D eigenvalue weighted by Gasteiger charge is -2.36. The number of halogens is 1. The fraction of sp³-hybridized carbons (Fsp3) is 0.194. The van der Waals surface area contributed by atoms with Crippen LogP contribution in [0, 0.1) is 0 Å². The highest BCUT2D eigenvalue weighted by molar-refractivity contribution is 8.22. The number of carbonyl (C=O) groups is 2. The van der Waals surface area contributed by atoms with Crippen LogP contribution >= 0.6 is 35.6 Å². The lowest BCUT2D eigenvalue weighted by atomic mass is 10.1. The molecule has 12 heteroatoms. The Morgan fingerprint density at radius 2 is 1.58 bits per heavy atom. The predicted octanol–water partition coefficient (Wildman–Crippen LogP) is 5.95. The average Bonchev–Trinajstić information content (AvgIpc) is 3.05. The van der Waals surface area contributed by atoms with Gasteiger partial charge >= 0.3 is 0 Å². The van der Waals surface area contributed by atoms with E-state index < -0.39 is 0 Å². The summed E-state index contributed by atoms with van der Waals surface area (Å²) in [7, 11) is 1.57. The number of nitrogens with zero attached hydrogens (tertiary/aromatic N) is 4. The predicted molar refractivity (Wildman–Crippen MR) is 178 cm³/mol. The molecule has 0 radical (unpaired) electrons. The Morgan fingerprint density at radius 3 is 2.30 bits per heavy atom. The van der Waals surface area contributed by atoms with Crippen molar-refractivity contribution < 1.29 is 9.59 Å². The van der Waals surface area contributed by atoms with Crippen molar-refractivity contribution in [2.75, 3.05) is 43.9 Å². The number of para-hydroxylation sites is 1. The summed E-state index contributed by atoms with van der Waals surface area (Å²) in [5.41, 5.74) is 3.57. The van der Waals surface area contributed by atoms with Gasteiger partial charge in [-0.1, -0.05) is 78.0 Å². The highest BCUT2D eigenvalue weighted by Gasteiger charge is 2.23. The van der Waals surface area contributed by atoms with E-state index in [0.717, 1.165) is 10.1 Å². The van der Waals surface area contributed by atoms with Crippen LogP contribution in [-0.4, -0.2) is 69.1 Å². The van der Waals surface area contributed by atoms with E-state index in [9.17, 15) is 9.59 Å². The Bertz CT molecular complexity index is 1600. The van der Waals surface area contributed by atoms with Gasteiger partial charge in [0.05, 0.1) is 17.4 Å². The van der Waals surface area contributed by atoms with E-state index in [2.05, 4.69) is 43.0 Å². The minimum absolute atomic E-state index is 0.0157. The van der Waals surface area contributed by atoms with Gasteiger partial charge in [0.1, 0.15) is 9.34 Å². The van der Waals surface area contributed by atoms with Crippen LogP contribution in [0.5, 0.6) is 0 Å². The Morgan fingerprint density at radius 1 is 0.907 bits per heavy atom. The second-order valence-corrected chi connectivity index (χ2v) is 11.7. The van der Waals surface area contributed by atoms with Crippen molar-refractivity contribution in [3.63, 3.8) is 0 Å². The van der Waals surface area contributed by atoms with E-state index in [1.54, 1.807) is 49.1 Å². The van der Waals surface area contributed by atoms with Crippen molar-refractivity contribution in [1.82, 2.24) is 25.1 Å².